The number of amides is 2. The van der Waals surface area contributed by atoms with Crippen molar-refractivity contribution in [3.63, 3.8) is 0 Å². The van der Waals surface area contributed by atoms with Gasteiger partial charge in [0.2, 0.25) is 0 Å². The van der Waals surface area contributed by atoms with Gasteiger partial charge in [0.15, 0.2) is 0 Å². The van der Waals surface area contributed by atoms with Crippen LogP contribution in [0.4, 0.5) is 4.79 Å². The Morgan fingerprint density at radius 1 is 1.41 bits per heavy atom. The number of carbonyl (C=O) groups excluding carboxylic acids is 2. The molecule has 1 saturated heterocycles. The Hall–Kier alpha value is -1.79. The first-order valence-corrected chi connectivity index (χ1v) is 7.53. The topological polar surface area (TPSA) is 67.9 Å². The molecule has 0 bridgehead atoms. The van der Waals surface area contributed by atoms with Crippen molar-refractivity contribution in [2.75, 3.05) is 32.8 Å². The van der Waals surface area contributed by atoms with E-state index in [9.17, 15) is 9.59 Å². The second kappa shape index (κ2) is 8.00. The van der Waals surface area contributed by atoms with Crippen LogP contribution < -0.4 is 5.32 Å². The zero-order valence-electron chi connectivity index (χ0n) is 12.4. The molecule has 0 spiro atoms. The van der Waals surface area contributed by atoms with Gasteiger partial charge in [-0.15, -0.1) is 0 Å². The molecule has 22 heavy (non-hydrogen) atoms. The van der Waals surface area contributed by atoms with Gasteiger partial charge in [0, 0.05) is 11.6 Å². The Morgan fingerprint density at radius 2 is 2.14 bits per heavy atom. The highest BCUT2D eigenvalue weighted by Crippen LogP contribution is 2.23. The number of carbonyl (C=O) groups is 2. The van der Waals surface area contributed by atoms with Crippen molar-refractivity contribution in [2.24, 2.45) is 0 Å². The predicted octanol–water partition coefficient (Wildman–Crippen LogP) is 1.99. The second-order valence-corrected chi connectivity index (χ2v) is 5.26. The quantitative estimate of drug-likeness (QED) is 0.859. The molecule has 0 aromatic heterocycles. The zero-order chi connectivity index (χ0) is 15.9. The summed E-state index contributed by atoms with van der Waals surface area (Å²) in [6.07, 6.45) is -0.195. The third kappa shape index (κ3) is 4.61. The van der Waals surface area contributed by atoms with E-state index in [-0.39, 0.29) is 18.7 Å². The maximum absolute atomic E-state index is 12.1. The number of rotatable bonds is 4. The number of benzene rings is 1. The lowest BCUT2D eigenvalue weighted by Crippen LogP contribution is -2.48. The minimum atomic E-state index is -0.446. The maximum Gasteiger partial charge on any atom is 0.325 e. The molecule has 1 atom stereocenters. The fraction of sp³-hybridized carbons (Fsp3) is 0.467. The average molecular weight is 327 g/mol. The molecule has 0 radical (unpaired) electrons. The van der Waals surface area contributed by atoms with Gasteiger partial charge < -0.3 is 19.7 Å². The van der Waals surface area contributed by atoms with Crippen LogP contribution >= 0.6 is 11.6 Å². The van der Waals surface area contributed by atoms with E-state index in [4.69, 9.17) is 21.1 Å². The summed E-state index contributed by atoms with van der Waals surface area (Å²) in [6.45, 7) is 3.24. The lowest BCUT2D eigenvalue weighted by Gasteiger charge is -2.33. The van der Waals surface area contributed by atoms with Gasteiger partial charge in [-0.25, -0.2) is 4.79 Å². The third-order valence-electron chi connectivity index (χ3n) is 3.28. The molecule has 120 valence electrons. The molecular weight excluding hydrogens is 308 g/mol. The Bertz CT molecular complexity index is 521. The Morgan fingerprint density at radius 3 is 2.82 bits per heavy atom. The summed E-state index contributed by atoms with van der Waals surface area (Å²) < 4.78 is 10.5. The highest BCUT2D eigenvalue weighted by atomic mass is 35.5. The smallest absolute Gasteiger partial charge is 0.325 e. The first-order chi connectivity index (χ1) is 10.6. The number of morpholine rings is 1. The normalized spacial score (nSPS) is 17.9. The third-order valence-corrected chi connectivity index (χ3v) is 3.54. The zero-order valence-corrected chi connectivity index (χ0v) is 13.1. The van der Waals surface area contributed by atoms with Crippen molar-refractivity contribution >= 4 is 23.6 Å². The minimum absolute atomic E-state index is 0.129. The number of hydrogen-bond acceptors (Lipinski definition) is 4. The summed E-state index contributed by atoms with van der Waals surface area (Å²) >= 11 is 5.87. The number of esters is 1. The van der Waals surface area contributed by atoms with Crippen LogP contribution in [0, 0.1) is 0 Å². The minimum Gasteiger partial charge on any atom is -0.465 e. The van der Waals surface area contributed by atoms with Gasteiger partial charge in [0.05, 0.1) is 19.8 Å². The Labute approximate surface area is 134 Å². The molecule has 1 fully saturated rings. The van der Waals surface area contributed by atoms with Crippen LogP contribution in [-0.2, 0) is 14.3 Å². The molecule has 1 N–H and O–H groups in total. The summed E-state index contributed by atoms with van der Waals surface area (Å²) in [4.78, 5) is 25.0. The number of nitrogens with one attached hydrogen (secondary N) is 1. The monoisotopic (exact) mass is 326 g/mol. The van der Waals surface area contributed by atoms with Crippen molar-refractivity contribution in [3.05, 3.63) is 34.9 Å². The molecule has 0 saturated carbocycles. The largest absolute Gasteiger partial charge is 0.465 e. The molecule has 0 unspecified atom stereocenters. The van der Waals surface area contributed by atoms with Crippen LogP contribution in [-0.4, -0.2) is 49.7 Å². The molecule has 1 aromatic carbocycles. The average Bonchev–Trinajstić information content (AvgIpc) is 2.54. The standard InChI is InChI=1S/C15H19ClN2O4/c1-2-21-14(19)9-17-15(20)18-7-8-22-13(10-18)11-3-5-12(16)6-4-11/h3-6,13H,2,7-10H2,1H3,(H,17,20)/t13-/m1/s1. The molecule has 1 aliphatic heterocycles. The highest BCUT2D eigenvalue weighted by molar-refractivity contribution is 6.30. The van der Waals surface area contributed by atoms with Gasteiger partial charge in [-0.1, -0.05) is 23.7 Å². The van der Waals surface area contributed by atoms with Gasteiger partial charge in [-0.3, -0.25) is 4.79 Å². The predicted molar refractivity (Wildman–Crippen MR) is 81.7 cm³/mol. The summed E-state index contributed by atoms with van der Waals surface area (Å²) in [6, 6.07) is 7.05. The number of halogens is 1. The summed E-state index contributed by atoms with van der Waals surface area (Å²) in [5.74, 6) is -0.446. The molecule has 6 nitrogen and oxygen atoms in total. The fourth-order valence-electron chi connectivity index (χ4n) is 2.18. The Kier molecular flexibility index (Phi) is 6.03. The molecule has 2 rings (SSSR count). The SMILES string of the molecule is CCOC(=O)CNC(=O)N1CCO[C@@H](c2ccc(Cl)cc2)C1. The van der Waals surface area contributed by atoms with Crippen molar-refractivity contribution in [1.29, 1.82) is 0 Å². The van der Waals surface area contributed by atoms with E-state index in [1.165, 1.54) is 0 Å². The lowest BCUT2D eigenvalue weighted by atomic mass is 10.1. The number of nitrogens with zero attached hydrogens (tertiary/aromatic N) is 1. The lowest BCUT2D eigenvalue weighted by molar-refractivity contribution is -0.141. The number of ether oxygens (including phenoxy) is 2. The van der Waals surface area contributed by atoms with E-state index in [1.807, 2.05) is 12.1 Å². The first kappa shape index (κ1) is 16.6. The summed E-state index contributed by atoms with van der Waals surface area (Å²) in [5, 5.41) is 3.21. The van der Waals surface area contributed by atoms with Crippen molar-refractivity contribution in [1.82, 2.24) is 10.2 Å². The van der Waals surface area contributed by atoms with Gasteiger partial charge >= 0.3 is 12.0 Å². The Balaban J connectivity index is 1.88. The van der Waals surface area contributed by atoms with E-state index < -0.39 is 5.97 Å². The maximum atomic E-state index is 12.1. The van der Waals surface area contributed by atoms with E-state index >= 15 is 0 Å². The van der Waals surface area contributed by atoms with Crippen molar-refractivity contribution in [3.8, 4) is 0 Å². The number of urea groups is 1. The molecule has 7 heteroatoms. The first-order valence-electron chi connectivity index (χ1n) is 7.15. The van der Waals surface area contributed by atoms with Crippen LogP contribution in [0.1, 0.15) is 18.6 Å². The molecule has 0 aliphatic carbocycles. The van der Waals surface area contributed by atoms with Gasteiger partial charge in [-0.05, 0) is 24.6 Å². The highest BCUT2D eigenvalue weighted by Gasteiger charge is 2.25. The van der Waals surface area contributed by atoms with Crippen LogP contribution in [0.3, 0.4) is 0 Å². The van der Waals surface area contributed by atoms with Gasteiger partial charge in [-0.2, -0.15) is 0 Å². The molecule has 1 aromatic rings. The van der Waals surface area contributed by atoms with Crippen LogP contribution in [0.15, 0.2) is 24.3 Å². The second-order valence-electron chi connectivity index (χ2n) is 4.82. The number of hydrogen-bond donors (Lipinski definition) is 1. The molecule has 1 heterocycles. The van der Waals surface area contributed by atoms with E-state index in [2.05, 4.69) is 5.32 Å². The fourth-order valence-corrected chi connectivity index (χ4v) is 2.31. The van der Waals surface area contributed by atoms with E-state index in [0.29, 0.717) is 31.3 Å². The van der Waals surface area contributed by atoms with Gasteiger partial charge in [0.1, 0.15) is 12.6 Å². The van der Waals surface area contributed by atoms with Crippen LogP contribution in [0.2, 0.25) is 5.02 Å². The summed E-state index contributed by atoms with van der Waals surface area (Å²) in [5.41, 5.74) is 0.965. The van der Waals surface area contributed by atoms with E-state index in [1.54, 1.807) is 24.0 Å². The van der Waals surface area contributed by atoms with Crippen LogP contribution in [0.25, 0.3) is 0 Å². The van der Waals surface area contributed by atoms with Crippen LogP contribution in [0.5, 0.6) is 0 Å². The molecule has 1 aliphatic rings. The molecular formula is C15H19ClN2O4. The van der Waals surface area contributed by atoms with Gasteiger partial charge in [0.25, 0.3) is 0 Å². The van der Waals surface area contributed by atoms with E-state index in [0.717, 1.165) is 5.56 Å². The summed E-state index contributed by atoms with van der Waals surface area (Å²) in [7, 11) is 0. The van der Waals surface area contributed by atoms with Crippen molar-refractivity contribution in [2.45, 2.75) is 13.0 Å². The molecule has 2 amide bonds. The van der Waals surface area contributed by atoms with Crippen molar-refractivity contribution < 1.29 is 19.1 Å².